The van der Waals surface area contributed by atoms with Crippen LogP contribution in [0.2, 0.25) is 0 Å². The van der Waals surface area contributed by atoms with E-state index in [9.17, 15) is 10.5 Å². The number of nitrogens with one attached hydrogen (secondary N) is 1. The Morgan fingerprint density at radius 3 is 2.72 bits per heavy atom. The minimum Gasteiger partial charge on any atom is -0.381 e. The van der Waals surface area contributed by atoms with Gasteiger partial charge in [0.15, 0.2) is 11.5 Å². The standard InChI is InChI=1S/C21H20N8/c1-13-10-19(28(2)9-5-7-16-15(12-23)20(24)27-26-16)29-18-8-4-3-6-17(18)25-21(29)14(13)11-22/h3-4,6,8,10H,5,7,9H2,1-2H3,(H3,24,26,27). The minimum atomic E-state index is 0.241. The summed E-state index contributed by atoms with van der Waals surface area (Å²) < 4.78 is 2.04. The van der Waals surface area contributed by atoms with Crippen LogP contribution in [0.25, 0.3) is 16.7 Å². The number of nitrogen functional groups attached to an aromatic ring is 1. The number of nitriles is 2. The van der Waals surface area contributed by atoms with Gasteiger partial charge in [-0.05, 0) is 43.5 Å². The molecule has 0 atom stereocenters. The predicted octanol–water partition coefficient (Wildman–Crippen LogP) is 2.91. The van der Waals surface area contributed by atoms with Crippen LogP contribution in [-0.2, 0) is 6.42 Å². The highest BCUT2D eigenvalue weighted by Crippen LogP contribution is 2.28. The van der Waals surface area contributed by atoms with E-state index in [1.54, 1.807) is 0 Å². The first kappa shape index (κ1) is 18.3. The molecular weight excluding hydrogens is 364 g/mol. The van der Waals surface area contributed by atoms with E-state index in [0.717, 1.165) is 41.1 Å². The Labute approximate surface area is 167 Å². The third-order valence-corrected chi connectivity index (χ3v) is 5.16. The van der Waals surface area contributed by atoms with E-state index in [-0.39, 0.29) is 5.82 Å². The van der Waals surface area contributed by atoms with Crippen molar-refractivity contribution < 1.29 is 0 Å². The molecule has 0 unspecified atom stereocenters. The molecule has 1 aromatic carbocycles. The molecule has 0 saturated heterocycles. The number of nitrogens with two attached hydrogens (primary N) is 1. The number of aromatic nitrogens is 4. The first-order valence-corrected chi connectivity index (χ1v) is 9.30. The topological polar surface area (TPSA) is 123 Å². The summed E-state index contributed by atoms with van der Waals surface area (Å²) in [4.78, 5) is 6.83. The van der Waals surface area contributed by atoms with E-state index in [4.69, 9.17) is 10.7 Å². The Morgan fingerprint density at radius 1 is 1.21 bits per heavy atom. The molecule has 0 radical (unpaired) electrons. The van der Waals surface area contributed by atoms with Crippen molar-refractivity contribution in [1.29, 1.82) is 10.5 Å². The number of aromatic amines is 1. The average molecular weight is 384 g/mol. The van der Waals surface area contributed by atoms with Gasteiger partial charge in [-0.25, -0.2) is 4.98 Å². The summed E-state index contributed by atoms with van der Waals surface area (Å²) in [6.45, 7) is 2.68. The van der Waals surface area contributed by atoms with Crippen molar-refractivity contribution in [2.75, 3.05) is 24.2 Å². The molecule has 0 aliphatic carbocycles. The monoisotopic (exact) mass is 384 g/mol. The van der Waals surface area contributed by atoms with Gasteiger partial charge in [0.05, 0.1) is 22.3 Å². The summed E-state index contributed by atoms with van der Waals surface area (Å²) in [6.07, 6.45) is 1.47. The Bertz CT molecular complexity index is 1300. The van der Waals surface area contributed by atoms with Gasteiger partial charge in [-0.2, -0.15) is 15.6 Å². The van der Waals surface area contributed by atoms with Gasteiger partial charge in [-0.3, -0.25) is 9.50 Å². The van der Waals surface area contributed by atoms with Crippen molar-refractivity contribution in [3.63, 3.8) is 0 Å². The van der Waals surface area contributed by atoms with Crippen LogP contribution in [0.4, 0.5) is 11.6 Å². The maximum atomic E-state index is 9.63. The molecule has 0 spiro atoms. The first-order valence-electron chi connectivity index (χ1n) is 9.30. The van der Waals surface area contributed by atoms with E-state index < -0.39 is 0 Å². The highest BCUT2D eigenvalue weighted by atomic mass is 15.2. The highest BCUT2D eigenvalue weighted by molar-refractivity contribution is 5.85. The lowest BCUT2D eigenvalue weighted by molar-refractivity contribution is 0.756. The van der Waals surface area contributed by atoms with Gasteiger partial charge < -0.3 is 10.6 Å². The summed E-state index contributed by atoms with van der Waals surface area (Å²) >= 11 is 0. The lowest BCUT2D eigenvalue weighted by atomic mass is 10.1. The molecule has 0 bridgehead atoms. The van der Waals surface area contributed by atoms with Gasteiger partial charge >= 0.3 is 0 Å². The number of H-pyrrole nitrogens is 1. The number of para-hydroxylation sites is 2. The number of benzene rings is 1. The fourth-order valence-electron chi connectivity index (χ4n) is 3.66. The Morgan fingerprint density at radius 2 is 1.97 bits per heavy atom. The number of rotatable bonds is 5. The Balaban J connectivity index is 1.68. The van der Waals surface area contributed by atoms with Crippen LogP contribution in [0.1, 0.15) is 28.8 Å². The second-order valence-corrected chi connectivity index (χ2v) is 7.03. The molecule has 3 aromatic heterocycles. The van der Waals surface area contributed by atoms with Gasteiger partial charge in [-0.1, -0.05) is 12.1 Å². The Hall–Kier alpha value is -4.04. The van der Waals surface area contributed by atoms with Crippen molar-refractivity contribution in [1.82, 2.24) is 19.6 Å². The van der Waals surface area contributed by atoms with E-state index in [1.807, 2.05) is 48.7 Å². The predicted molar refractivity (Wildman–Crippen MR) is 111 cm³/mol. The number of imidazole rings is 1. The van der Waals surface area contributed by atoms with Crippen LogP contribution in [0.5, 0.6) is 0 Å². The number of fused-ring (bicyclic) bond motifs is 3. The van der Waals surface area contributed by atoms with E-state index in [0.29, 0.717) is 23.2 Å². The number of nitrogens with zero attached hydrogens (tertiary/aromatic N) is 6. The zero-order valence-corrected chi connectivity index (χ0v) is 16.3. The molecule has 0 amide bonds. The van der Waals surface area contributed by atoms with Crippen LogP contribution in [0.3, 0.4) is 0 Å². The number of anilines is 2. The molecule has 3 N–H and O–H groups in total. The zero-order chi connectivity index (χ0) is 20.5. The maximum Gasteiger partial charge on any atom is 0.163 e. The fraction of sp³-hybridized carbons (Fsp3) is 0.238. The molecule has 4 aromatic rings. The molecule has 3 heterocycles. The first-order chi connectivity index (χ1) is 14.0. The van der Waals surface area contributed by atoms with Gasteiger partial charge in [-0.15, -0.1) is 0 Å². The van der Waals surface area contributed by atoms with Gasteiger partial charge in [0.1, 0.15) is 23.5 Å². The SMILES string of the molecule is Cc1cc(N(C)CCCc2[nH]nc(N)c2C#N)n2c(nc3ccccc32)c1C#N. The molecule has 144 valence electrons. The lowest BCUT2D eigenvalue weighted by Gasteiger charge is -2.22. The molecule has 0 saturated carbocycles. The molecule has 29 heavy (non-hydrogen) atoms. The second kappa shape index (κ2) is 7.17. The summed E-state index contributed by atoms with van der Waals surface area (Å²) in [5, 5.41) is 25.6. The molecule has 8 nitrogen and oxygen atoms in total. The van der Waals surface area contributed by atoms with E-state index in [2.05, 4.69) is 27.2 Å². The molecular formula is C21H20N8. The molecule has 0 aliphatic heterocycles. The number of hydrogen-bond acceptors (Lipinski definition) is 6. The maximum absolute atomic E-state index is 9.63. The smallest absolute Gasteiger partial charge is 0.163 e. The molecule has 0 aliphatic rings. The van der Waals surface area contributed by atoms with Crippen LogP contribution < -0.4 is 10.6 Å². The van der Waals surface area contributed by atoms with Gasteiger partial charge in [0, 0.05) is 13.6 Å². The van der Waals surface area contributed by atoms with Crippen molar-refractivity contribution in [3.05, 3.63) is 52.7 Å². The van der Waals surface area contributed by atoms with Crippen LogP contribution >= 0.6 is 0 Å². The minimum absolute atomic E-state index is 0.241. The van der Waals surface area contributed by atoms with Crippen LogP contribution in [-0.4, -0.2) is 33.2 Å². The normalized spacial score (nSPS) is 10.9. The molecule has 4 rings (SSSR count). The highest BCUT2D eigenvalue weighted by Gasteiger charge is 2.17. The van der Waals surface area contributed by atoms with E-state index >= 15 is 0 Å². The summed E-state index contributed by atoms with van der Waals surface area (Å²) in [6, 6.07) is 14.3. The van der Waals surface area contributed by atoms with Crippen molar-refractivity contribution in [3.8, 4) is 12.1 Å². The number of aryl methyl sites for hydroxylation is 2. The largest absolute Gasteiger partial charge is 0.381 e. The van der Waals surface area contributed by atoms with Crippen molar-refractivity contribution >= 4 is 28.3 Å². The zero-order valence-electron chi connectivity index (χ0n) is 16.3. The van der Waals surface area contributed by atoms with Crippen molar-refractivity contribution in [2.24, 2.45) is 0 Å². The average Bonchev–Trinajstić information content (AvgIpc) is 3.27. The van der Waals surface area contributed by atoms with Crippen LogP contribution in [0.15, 0.2) is 30.3 Å². The van der Waals surface area contributed by atoms with E-state index in [1.165, 1.54) is 0 Å². The quantitative estimate of drug-likeness (QED) is 0.545. The van der Waals surface area contributed by atoms with Crippen molar-refractivity contribution in [2.45, 2.75) is 19.8 Å². The van der Waals surface area contributed by atoms with Crippen LogP contribution in [0, 0.1) is 29.6 Å². The third-order valence-electron chi connectivity index (χ3n) is 5.16. The Kier molecular flexibility index (Phi) is 4.53. The summed E-state index contributed by atoms with van der Waals surface area (Å²) in [5.74, 6) is 1.21. The lowest BCUT2D eigenvalue weighted by Crippen LogP contribution is -2.22. The number of hydrogen-bond donors (Lipinski definition) is 2. The fourth-order valence-corrected chi connectivity index (χ4v) is 3.66. The summed E-state index contributed by atoms with van der Waals surface area (Å²) in [7, 11) is 2.02. The van der Waals surface area contributed by atoms with Gasteiger partial charge in [0.2, 0.25) is 0 Å². The molecule has 0 fully saturated rings. The molecule has 8 heteroatoms. The number of pyridine rings is 1. The second-order valence-electron chi connectivity index (χ2n) is 7.03. The summed E-state index contributed by atoms with van der Waals surface area (Å²) in [5.41, 5.74) is 10.9. The van der Waals surface area contributed by atoms with Gasteiger partial charge in [0.25, 0.3) is 0 Å². The third kappa shape index (κ3) is 3.01.